The Hall–Kier alpha value is -0.0400. The molecule has 0 aliphatic carbocycles. The molecule has 0 amide bonds. The highest BCUT2D eigenvalue weighted by Gasteiger charge is 2.18. The molecule has 0 aromatic rings. The molecule has 0 bridgehead atoms. The van der Waals surface area contributed by atoms with Gasteiger partial charge in [0, 0.05) is 18.6 Å². The van der Waals surface area contributed by atoms with Gasteiger partial charge >= 0.3 is 0 Å². The van der Waals surface area contributed by atoms with Gasteiger partial charge in [0.2, 0.25) is 0 Å². The van der Waals surface area contributed by atoms with Crippen molar-refractivity contribution < 1.29 is 0 Å². The summed E-state index contributed by atoms with van der Waals surface area (Å²) in [5.41, 5.74) is 0.203. The van der Waals surface area contributed by atoms with E-state index in [1.54, 1.807) is 0 Å². The van der Waals surface area contributed by atoms with Gasteiger partial charge in [-0.25, -0.2) is 0 Å². The zero-order chi connectivity index (χ0) is 7.65. The molecule has 55 valence electrons. The van der Waals surface area contributed by atoms with E-state index >= 15 is 0 Å². The third kappa shape index (κ3) is 2.85. The molecular weight excluding hydrogens is 110 g/mol. The lowest BCUT2D eigenvalue weighted by molar-refractivity contribution is 0.160. The molecule has 0 aromatic heterocycles. The van der Waals surface area contributed by atoms with Crippen molar-refractivity contribution in [3.63, 3.8) is 0 Å². The average molecular weight is 128 g/mol. The van der Waals surface area contributed by atoms with E-state index in [0.29, 0.717) is 6.04 Å². The Morgan fingerprint density at radius 3 is 1.56 bits per heavy atom. The summed E-state index contributed by atoms with van der Waals surface area (Å²) in [6.45, 7) is 10.8. The molecule has 0 rings (SSSR count). The van der Waals surface area contributed by atoms with Crippen molar-refractivity contribution in [2.45, 2.75) is 46.2 Å². The van der Waals surface area contributed by atoms with Crippen LogP contribution >= 0.6 is 0 Å². The highest BCUT2D eigenvalue weighted by Crippen LogP contribution is 2.14. The highest BCUT2D eigenvalue weighted by atomic mass is 15.2. The van der Waals surface area contributed by atoms with Crippen molar-refractivity contribution >= 4 is 0 Å². The molecular formula is C8H18N. The van der Waals surface area contributed by atoms with Gasteiger partial charge < -0.3 is 0 Å². The monoisotopic (exact) mass is 128 g/mol. The van der Waals surface area contributed by atoms with E-state index < -0.39 is 0 Å². The van der Waals surface area contributed by atoms with Crippen LogP contribution in [0.15, 0.2) is 0 Å². The Kier molecular flexibility index (Phi) is 2.68. The Morgan fingerprint density at radius 1 is 1.22 bits per heavy atom. The van der Waals surface area contributed by atoms with Crippen LogP contribution in [0.25, 0.3) is 0 Å². The first-order valence-corrected chi connectivity index (χ1v) is 3.45. The molecule has 1 radical (unpaired) electrons. The van der Waals surface area contributed by atoms with E-state index in [1.807, 2.05) is 0 Å². The lowest BCUT2D eigenvalue weighted by Gasteiger charge is -2.34. The second-order valence-corrected chi connectivity index (χ2v) is 3.73. The van der Waals surface area contributed by atoms with Crippen LogP contribution in [-0.4, -0.2) is 16.5 Å². The average Bonchev–Trinajstić information content (AvgIpc) is 1.62. The maximum absolute atomic E-state index is 3.94. The maximum atomic E-state index is 3.94. The molecule has 0 fully saturated rings. The molecule has 0 N–H and O–H groups in total. The van der Waals surface area contributed by atoms with Gasteiger partial charge in [0.25, 0.3) is 0 Å². The van der Waals surface area contributed by atoms with Gasteiger partial charge in [-0.15, -0.1) is 0 Å². The summed E-state index contributed by atoms with van der Waals surface area (Å²) >= 11 is 0. The summed E-state index contributed by atoms with van der Waals surface area (Å²) in [6, 6.07) is 0.532. The third-order valence-electron chi connectivity index (χ3n) is 1.48. The molecule has 0 saturated carbocycles. The lowest BCUT2D eigenvalue weighted by Crippen LogP contribution is -2.40. The van der Waals surface area contributed by atoms with E-state index in [-0.39, 0.29) is 5.54 Å². The largest absolute Gasteiger partial charge is 0.295 e. The molecule has 0 unspecified atom stereocenters. The van der Waals surface area contributed by atoms with Crippen molar-refractivity contribution in [1.29, 1.82) is 0 Å². The van der Waals surface area contributed by atoms with E-state index in [9.17, 15) is 0 Å². The Bertz CT molecular complexity index is 79.1. The summed E-state index contributed by atoms with van der Waals surface area (Å²) in [6.07, 6.45) is 0. The summed E-state index contributed by atoms with van der Waals surface area (Å²) in [4.78, 5) is 2.10. The fourth-order valence-electron chi connectivity index (χ4n) is 0.775. The van der Waals surface area contributed by atoms with E-state index in [2.05, 4.69) is 46.6 Å². The minimum absolute atomic E-state index is 0.203. The minimum Gasteiger partial charge on any atom is -0.295 e. The van der Waals surface area contributed by atoms with Gasteiger partial charge in [0.15, 0.2) is 0 Å². The van der Waals surface area contributed by atoms with Gasteiger partial charge in [0.1, 0.15) is 0 Å². The lowest BCUT2D eigenvalue weighted by atomic mass is 10.1. The molecule has 1 heteroatoms. The Balaban J connectivity index is 3.88. The number of nitrogens with zero attached hydrogens (tertiary/aromatic N) is 1. The van der Waals surface area contributed by atoms with Crippen LogP contribution in [0, 0.1) is 7.05 Å². The number of hydrogen-bond donors (Lipinski definition) is 0. The number of hydrogen-bond acceptors (Lipinski definition) is 1. The second kappa shape index (κ2) is 2.70. The molecule has 0 spiro atoms. The van der Waals surface area contributed by atoms with Gasteiger partial charge in [-0.2, -0.15) is 0 Å². The summed E-state index contributed by atoms with van der Waals surface area (Å²) in [5.74, 6) is 0. The molecule has 1 nitrogen and oxygen atoms in total. The van der Waals surface area contributed by atoms with Crippen LogP contribution in [0.5, 0.6) is 0 Å². The summed E-state index contributed by atoms with van der Waals surface area (Å²) in [5, 5.41) is 0. The van der Waals surface area contributed by atoms with Crippen LogP contribution in [0.4, 0.5) is 0 Å². The van der Waals surface area contributed by atoms with Crippen LogP contribution in [0.2, 0.25) is 0 Å². The molecule has 0 atom stereocenters. The number of rotatable bonds is 1. The smallest absolute Gasteiger partial charge is 0.0128 e. The zero-order valence-electron chi connectivity index (χ0n) is 7.23. The van der Waals surface area contributed by atoms with E-state index in [4.69, 9.17) is 0 Å². The van der Waals surface area contributed by atoms with Crippen LogP contribution < -0.4 is 0 Å². The highest BCUT2D eigenvalue weighted by molar-refractivity contribution is 4.77. The molecule has 0 aliphatic heterocycles. The quantitative estimate of drug-likeness (QED) is 0.523. The summed E-state index contributed by atoms with van der Waals surface area (Å²) in [7, 11) is 3.94. The van der Waals surface area contributed by atoms with E-state index in [1.165, 1.54) is 0 Å². The van der Waals surface area contributed by atoms with E-state index in [0.717, 1.165) is 0 Å². The van der Waals surface area contributed by atoms with Crippen LogP contribution in [0.1, 0.15) is 34.6 Å². The van der Waals surface area contributed by atoms with Crippen molar-refractivity contribution in [3.05, 3.63) is 7.05 Å². The molecule has 0 aliphatic rings. The van der Waals surface area contributed by atoms with Crippen molar-refractivity contribution in [1.82, 2.24) is 4.90 Å². The zero-order valence-corrected chi connectivity index (χ0v) is 7.23. The first-order valence-electron chi connectivity index (χ1n) is 3.45. The van der Waals surface area contributed by atoms with Crippen LogP contribution in [-0.2, 0) is 0 Å². The predicted molar refractivity (Wildman–Crippen MR) is 42.1 cm³/mol. The van der Waals surface area contributed by atoms with Crippen molar-refractivity contribution in [3.8, 4) is 0 Å². The fourth-order valence-corrected chi connectivity index (χ4v) is 0.775. The normalized spacial score (nSPS) is 13.3. The molecule has 0 aromatic carbocycles. The van der Waals surface area contributed by atoms with Gasteiger partial charge in [0.05, 0.1) is 0 Å². The molecule has 0 saturated heterocycles. The first kappa shape index (κ1) is 8.96. The Morgan fingerprint density at radius 2 is 1.56 bits per heavy atom. The van der Waals surface area contributed by atoms with Gasteiger partial charge in [-0.05, 0) is 34.6 Å². The standard InChI is InChI=1S/C8H18N/c1-7(2)9(6)8(3,4)5/h7H,6H2,1-5H3. The van der Waals surface area contributed by atoms with Gasteiger partial charge in [-0.3, -0.25) is 4.90 Å². The second-order valence-electron chi connectivity index (χ2n) is 3.73. The Labute approximate surface area is 59.1 Å². The topological polar surface area (TPSA) is 3.24 Å². The molecule has 9 heavy (non-hydrogen) atoms. The minimum atomic E-state index is 0.203. The fraction of sp³-hybridized carbons (Fsp3) is 0.875. The van der Waals surface area contributed by atoms with Crippen molar-refractivity contribution in [2.75, 3.05) is 0 Å². The van der Waals surface area contributed by atoms with Gasteiger partial charge in [-0.1, -0.05) is 0 Å². The third-order valence-corrected chi connectivity index (χ3v) is 1.48. The predicted octanol–water partition coefficient (Wildman–Crippen LogP) is 2.29. The summed E-state index contributed by atoms with van der Waals surface area (Å²) < 4.78 is 0. The SMILES string of the molecule is [CH2]N(C(C)C)C(C)(C)C. The maximum Gasteiger partial charge on any atom is 0.0128 e. The van der Waals surface area contributed by atoms with Crippen molar-refractivity contribution in [2.24, 2.45) is 0 Å². The first-order chi connectivity index (χ1) is 3.85. The molecule has 0 heterocycles. The van der Waals surface area contributed by atoms with Crippen LogP contribution in [0.3, 0.4) is 0 Å².